The van der Waals surface area contributed by atoms with Gasteiger partial charge in [0, 0.05) is 13.1 Å². The normalized spacial score (nSPS) is 21.9. The summed E-state index contributed by atoms with van der Waals surface area (Å²) >= 11 is 0. The highest BCUT2D eigenvalue weighted by Crippen LogP contribution is 2.23. The van der Waals surface area contributed by atoms with E-state index in [-0.39, 0.29) is 10.8 Å². The molecule has 0 bridgehead atoms. The molecule has 1 heterocycles. The van der Waals surface area contributed by atoms with Gasteiger partial charge in [0.25, 0.3) is 0 Å². The van der Waals surface area contributed by atoms with Crippen molar-refractivity contribution in [3.8, 4) is 0 Å². The zero-order valence-corrected chi connectivity index (χ0v) is 10.2. The molecule has 94 valence electrons. The number of hydrogen-bond acceptors (Lipinski definition) is 3. The molecule has 2 N–H and O–H groups in total. The predicted octanol–water partition coefficient (Wildman–Crippen LogP) is 0.795. The topological polar surface area (TPSA) is 63.4 Å². The van der Waals surface area contributed by atoms with Gasteiger partial charge in [-0.2, -0.15) is 4.31 Å². The maximum atomic E-state index is 12.7. The van der Waals surface area contributed by atoms with Gasteiger partial charge >= 0.3 is 0 Å². The smallest absolute Gasteiger partial charge is 0.243 e. The fourth-order valence-corrected chi connectivity index (χ4v) is 3.49. The standard InChI is InChI=1S/C11H15FN2O2S/c12-10-1-3-11(4-2-10)17(15,16)14-6-5-9(7-13)8-14/h1-4,9H,5-8,13H2/t9-/m0/s1. The summed E-state index contributed by atoms with van der Waals surface area (Å²) in [5.41, 5.74) is 5.53. The second-order valence-corrected chi connectivity index (χ2v) is 6.15. The summed E-state index contributed by atoms with van der Waals surface area (Å²) in [4.78, 5) is 0.136. The van der Waals surface area contributed by atoms with Gasteiger partial charge in [-0.25, -0.2) is 12.8 Å². The highest BCUT2D eigenvalue weighted by atomic mass is 32.2. The Balaban J connectivity index is 2.22. The Bertz CT molecular complexity index is 487. The summed E-state index contributed by atoms with van der Waals surface area (Å²) in [6, 6.07) is 4.90. The van der Waals surface area contributed by atoms with E-state index < -0.39 is 15.8 Å². The molecule has 1 saturated heterocycles. The van der Waals surface area contributed by atoms with Crippen LogP contribution >= 0.6 is 0 Å². The first-order valence-corrected chi connectivity index (χ1v) is 6.94. The Morgan fingerprint density at radius 3 is 2.53 bits per heavy atom. The Morgan fingerprint density at radius 1 is 1.35 bits per heavy atom. The molecule has 2 rings (SSSR count). The van der Waals surface area contributed by atoms with Crippen LogP contribution in [0.4, 0.5) is 4.39 Å². The van der Waals surface area contributed by atoms with Crippen LogP contribution in [0.5, 0.6) is 0 Å². The molecule has 0 aliphatic carbocycles. The molecule has 0 saturated carbocycles. The van der Waals surface area contributed by atoms with E-state index >= 15 is 0 Å². The van der Waals surface area contributed by atoms with Crippen molar-refractivity contribution in [2.45, 2.75) is 11.3 Å². The molecule has 1 aliphatic heterocycles. The number of nitrogens with two attached hydrogens (primary N) is 1. The van der Waals surface area contributed by atoms with Crippen LogP contribution in [0.2, 0.25) is 0 Å². The van der Waals surface area contributed by atoms with E-state index in [0.717, 1.165) is 18.6 Å². The van der Waals surface area contributed by atoms with Gasteiger partial charge in [0.2, 0.25) is 10.0 Å². The lowest BCUT2D eigenvalue weighted by Gasteiger charge is -2.16. The second kappa shape index (κ2) is 4.72. The van der Waals surface area contributed by atoms with Crippen LogP contribution in [0.3, 0.4) is 0 Å². The second-order valence-electron chi connectivity index (χ2n) is 4.21. The molecule has 0 radical (unpaired) electrons. The summed E-state index contributed by atoms with van der Waals surface area (Å²) in [6.45, 7) is 1.44. The zero-order valence-electron chi connectivity index (χ0n) is 9.34. The van der Waals surface area contributed by atoms with Crippen molar-refractivity contribution in [1.29, 1.82) is 0 Å². The molecule has 17 heavy (non-hydrogen) atoms. The third kappa shape index (κ3) is 2.48. The lowest BCUT2D eigenvalue weighted by molar-refractivity contribution is 0.459. The minimum atomic E-state index is -3.49. The molecule has 0 unspecified atom stereocenters. The van der Waals surface area contributed by atoms with Gasteiger partial charge in [0.15, 0.2) is 0 Å². The van der Waals surface area contributed by atoms with Crippen LogP contribution < -0.4 is 5.73 Å². The van der Waals surface area contributed by atoms with Crippen molar-refractivity contribution >= 4 is 10.0 Å². The monoisotopic (exact) mass is 258 g/mol. The number of hydrogen-bond donors (Lipinski definition) is 1. The van der Waals surface area contributed by atoms with Crippen molar-refractivity contribution in [2.75, 3.05) is 19.6 Å². The Labute approximate surface area is 100 Å². The first-order valence-electron chi connectivity index (χ1n) is 5.50. The van der Waals surface area contributed by atoms with Crippen molar-refractivity contribution in [2.24, 2.45) is 11.7 Å². The molecule has 0 aromatic heterocycles. The van der Waals surface area contributed by atoms with E-state index in [1.807, 2.05) is 0 Å². The van der Waals surface area contributed by atoms with E-state index in [4.69, 9.17) is 5.73 Å². The highest BCUT2D eigenvalue weighted by Gasteiger charge is 2.31. The maximum Gasteiger partial charge on any atom is 0.243 e. The highest BCUT2D eigenvalue weighted by molar-refractivity contribution is 7.89. The van der Waals surface area contributed by atoms with E-state index in [1.165, 1.54) is 16.4 Å². The van der Waals surface area contributed by atoms with Gasteiger partial charge in [-0.3, -0.25) is 0 Å². The predicted molar refractivity (Wildman–Crippen MR) is 62.3 cm³/mol. The lowest BCUT2D eigenvalue weighted by Crippen LogP contribution is -2.30. The molecule has 0 spiro atoms. The van der Waals surface area contributed by atoms with E-state index in [1.54, 1.807) is 0 Å². The summed E-state index contributed by atoms with van der Waals surface area (Å²) in [5, 5.41) is 0. The van der Waals surface area contributed by atoms with Gasteiger partial charge in [0.05, 0.1) is 4.90 Å². The van der Waals surface area contributed by atoms with Crippen molar-refractivity contribution in [1.82, 2.24) is 4.31 Å². The van der Waals surface area contributed by atoms with Crippen LogP contribution in [0.1, 0.15) is 6.42 Å². The zero-order chi connectivity index (χ0) is 12.5. The SMILES string of the molecule is NC[C@@H]1CCN(S(=O)(=O)c2ccc(F)cc2)C1. The fraction of sp³-hybridized carbons (Fsp3) is 0.455. The Hall–Kier alpha value is -0.980. The number of rotatable bonds is 3. The van der Waals surface area contributed by atoms with Gasteiger partial charge in [-0.1, -0.05) is 0 Å². The van der Waals surface area contributed by atoms with Crippen LogP contribution in [0.25, 0.3) is 0 Å². The number of halogens is 1. The van der Waals surface area contributed by atoms with Crippen LogP contribution in [-0.4, -0.2) is 32.4 Å². The largest absolute Gasteiger partial charge is 0.330 e. The molecule has 1 aliphatic rings. The molecule has 0 amide bonds. The van der Waals surface area contributed by atoms with E-state index in [0.29, 0.717) is 19.6 Å². The summed E-state index contributed by atoms with van der Waals surface area (Å²) < 4.78 is 38.5. The van der Waals surface area contributed by atoms with Crippen LogP contribution in [0, 0.1) is 11.7 Å². The summed E-state index contributed by atoms with van der Waals surface area (Å²) in [7, 11) is -3.49. The lowest BCUT2D eigenvalue weighted by atomic mass is 10.1. The van der Waals surface area contributed by atoms with Gasteiger partial charge in [0.1, 0.15) is 5.82 Å². The number of sulfonamides is 1. The average molecular weight is 258 g/mol. The first kappa shape index (κ1) is 12.5. The summed E-state index contributed by atoms with van der Waals surface area (Å²) in [6.07, 6.45) is 0.789. The van der Waals surface area contributed by atoms with Gasteiger partial charge < -0.3 is 5.73 Å². The average Bonchev–Trinajstić information content (AvgIpc) is 2.78. The third-order valence-electron chi connectivity index (χ3n) is 3.03. The third-order valence-corrected chi connectivity index (χ3v) is 4.91. The van der Waals surface area contributed by atoms with Crippen molar-refractivity contribution in [3.63, 3.8) is 0 Å². The molecule has 1 atom stereocenters. The van der Waals surface area contributed by atoms with Gasteiger partial charge in [-0.15, -0.1) is 0 Å². The molecular formula is C11H15FN2O2S. The van der Waals surface area contributed by atoms with Gasteiger partial charge in [-0.05, 0) is 43.1 Å². The molecular weight excluding hydrogens is 243 g/mol. The Morgan fingerprint density at radius 2 is 2.00 bits per heavy atom. The molecule has 1 aromatic rings. The molecule has 1 fully saturated rings. The minimum absolute atomic E-state index is 0.136. The number of benzene rings is 1. The molecule has 4 nitrogen and oxygen atoms in total. The maximum absolute atomic E-state index is 12.7. The quantitative estimate of drug-likeness (QED) is 0.872. The Kier molecular flexibility index (Phi) is 3.46. The molecule has 1 aromatic carbocycles. The van der Waals surface area contributed by atoms with Crippen LogP contribution in [0.15, 0.2) is 29.2 Å². The first-order chi connectivity index (χ1) is 8.04. The van der Waals surface area contributed by atoms with Crippen molar-refractivity contribution < 1.29 is 12.8 Å². The van der Waals surface area contributed by atoms with Crippen LogP contribution in [-0.2, 0) is 10.0 Å². The molecule has 6 heteroatoms. The van der Waals surface area contributed by atoms with Crippen molar-refractivity contribution in [3.05, 3.63) is 30.1 Å². The number of nitrogens with zero attached hydrogens (tertiary/aromatic N) is 1. The fourth-order valence-electron chi connectivity index (χ4n) is 1.96. The van der Waals surface area contributed by atoms with E-state index in [2.05, 4.69) is 0 Å². The summed E-state index contributed by atoms with van der Waals surface area (Å²) in [5.74, 6) is -0.213. The van der Waals surface area contributed by atoms with E-state index in [9.17, 15) is 12.8 Å². The minimum Gasteiger partial charge on any atom is -0.330 e.